The van der Waals surface area contributed by atoms with Gasteiger partial charge in [-0.15, -0.1) is 0 Å². The molecule has 0 saturated carbocycles. The predicted octanol–water partition coefficient (Wildman–Crippen LogP) is 3.03. The molecule has 6 heteroatoms. The molecule has 0 radical (unpaired) electrons. The molecule has 0 aromatic heterocycles. The van der Waals surface area contributed by atoms with Crippen molar-refractivity contribution in [2.75, 3.05) is 18.5 Å². The van der Waals surface area contributed by atoms with E-state index in [-0.39, 0.29) is 17.9 Å². The maximum Gasteiger partial charge on any atom is 0.250 e. The van der Waals surface area contributed by atoms with Gasteiger partial charge in [-0.1, -0.05) is 36.4 Å². The molecule has 6 nitrogen and oxygen atoms in total. The molecule has 2 saturated heterocycles. The first kappa shape index (κ1) is 19.1. The first-order valence-corrected chi connectivity index (χ1v) is 10.8. The minimum absolute atomic E-state index is 0.0667. The van der Waals surface area contributed by atoms with Crippen LogP contribution in [0.15, 0.2) is 48.5 Å². The number of anilines is 1. The van der Waals surface area contributed by atoms with Crippen LogP contribution >= 0.6 is 0 Å². The van der Waals surface area contributed by atoms with E-state index < -0.39 is 11.5 Å². The van der Waals surface area contributed by atoms with Crippen LogP contribution in [-0.4, -0.2) is 35.9 Å². The zero-order chi connectivity index (χ0) is 20.7. The van der Waals surface area contributed by atoms with Crippen molar-refractivity contribution in [2.45, 2.75) is 44.3 Å². The Hall–Kier alpha value is -2.86. The molecule has 1 spiro atoms. The average molecular weight is 405 g/mol. The monoisotopic (exact) mass is 405 g/mol. The molecule has 3 unspecified atom stereocenters. The lowest BCUT2D eigenvalue weighted by atomic mass is 9.78. The third-order valence-corrected chi connectivity index (χ3v) is 6.82. The smallest absolute Gasteiger partial charge is 0.250 e. The lowest BCUT2D eigenvalue weighted by molar-refractivity contribution is -0.137. The molecular formula is C24H27N3O3. The van der Waals surface area contributed by atoms with Gasteiger partial charge in [0.25, 0.3) is 0 Å². The van der Waals surface area contributed by atoms with E-state index in [1.165, 1.54) is 0 Å². The van der Waals surface area contributed by atoms with Crippen LogP contribution in [-0.2, 0) is 21.7 Å². The Bertz CT molecular complexity index is 991. The number of hydrogen-bond donors (Lipinski definition) is 2. The Labute approximate surface area is 176 Å². The molecule has 2 amide bonds. The summed E-state index contributed by atoms with van der Waals surface area (Å²) in [5, 5.41) is 6.15. The van der Waals surface area contributed by atoms with E-state index in [1.54, 1.807) is 0 Å². The highest BCUT2D eigenvalue weighted by Gasteiger charge is 2.65. The quantitative estimate of drug-likeness (QED) is 0.802. The van der Waals surface area contributed by atoms with Gasteiger partial charge >= 0.3 is 0 Å². The SMILES string of the molecule is CCOc1ccccc1CNC(=O)C1CC2CCCN2C12C(=O)Nc1ccccc12. The highest BCUT2D eigenvalue weighted by atomic mass is 16.5. The Balaban J connectivity index is 1.45. The fourth-order valence-electron chi connectivity index (χ4n) is 5.63. The summed E-state index contributed by atoms with van der Waals surface area (Å²) in [5.41, 5.74) is 1.81. The van der Waals surface area contributed by atoms with Gasteiger partial charge in [-0.25, -0.2) is 0 Å². The minimum atomic E-state index is -0.902. The standard InChI is InChI=1S/C24H27N3O3/c1-2-30-21-12-6-3-8-16(21)15-25-22(28)19-14-17-9-7-13-27(17)24(19)18-10-4-5-11-20(18)26-23(24)29/h3-6,8,10-12,17,19H,2,7,9,13-15H2,1H3,(H,25,28)(H,26,29). The van der Waals surface area contributed by atoms with Crippen LogP contribution in [0.1, 0.15) is 37.3 Å². The molecule has 0 bridgehead atoms. The molecule has 0 aliphatic carbocycles. The molecule has 5 rings (SSSR count). The molecule has 3 aliphatic rings. The Kier molecular flexibility index (Phi) is 4.74. The number of ether oxygens (including phenoxy) is 1. The van der Waals surface area contributed by atoms with E-state index in [4.69, 9.17) is 4.74 Å². The summed E-state index contributed by atoms with van der Waals surface area (Å²) in [7, 11) is 0. The van der Waals surface area contributed by atoms with Crippen LogP contribution in [0.5, 0.6) is 5.75 Å². The lowest BCUT2D eigenvalue weighted by Crippen LogP contribution is -2.54. The van der Waals surface area contributed by atoms with Gasteiger partial charge in [0.05, 0.1) is 12.5 Å². The number of para-hydroxylation sites is 2. The fraction of sp³-hybridized carbons (Fsp3) is 0.417. The van der Waals surface area contributed by atoms with E-state index in [0.717, 1.165) is 42.0 Å². The third kappa shape index (κ3) is 2.74. The molecule has 2 aromatic carbocycles. The first-order valence-electron chi connectivity index (χ1n) is 10.8. The topological polar surface area (TPSA) is 70.7 Å². The van der Waals surface area contributed by atoms with Gasteiger partial charge in [0.15, 0.2) is 0 Å². The summed E-state index contributed by atoms with van der Waals surface area (Å²) in [6, 6.07) is 15.8. The highest BCUT2D eigenvalue weighted by molar-refractivity contribution is 6.09. The van der Waals surface area contributed by atoms with Crippen LogP contribution in [0, 0.1) is 5.92 Å². The number of fused-ring (bicyclic) bond motifs is 4. The van der Waals surface area contributed by atoms with Crippen molar-refractivity contribution >= 4 is 17.5 Å². The highest BCUT2D eigenvalue weighted by Crippen LogP contribution is 2.55. The zero-order valence-corrected chi connectivity index (χ0v) is 17.2. The van der Waals surface area contributed by atoms with Crippen LogP contribution in [0.2, 0.25) is 0 Å². The van der Waals surface area contributed by atoms with Crippen molar-refractivity contribution in [2.24, 2.45) is 5.92 Å². The van der Waals surface area contributed by atoms with Gasteiger partial charge in [-0.2, -0.15) is 0 Å². The summed E-state index contributed by atoms with van der Waals surface area (Å²) in [5.74, 6) is 0.238. The van der Waals surface area contributed by atoms with Crippen LogP contribution in [0.4, 0.5) is 5.69 Å². The van der Waals surface area contributed by atoms with Crippen molar-refractivity contribution < 1.29 is 14.3 Å². The number of carbonyl (C=O) groups is 2. The molecule has 30 heavy (non-hydrogen) atoms. The number of amides is 2. The van der Waals surface area contributed by atoms with E-state index >= 15 is 0 Å². The summed E-state index contributed by atoms with van der Waals surface area (Å²) < 4.78 is 5.69. The van der Waals surface area contributed by atoms with Gasteiger partial charge < -0.3 is 15.4 Å². The van der Waals surface area contributed by atoms with Crippen molar-refractivity contribution in [1.82, 2.24) is 10.2 Å². The molecule has 3 aliphatic heterocycles. The summed E-state index contributed by atoms with van der Waals surface area (Å²) >= 11 is 0. The summed E-state index contributed by atoms with van der Waals surface area (Å²) in [6.07, 6.45) is 2.81. The van der Waals surface area contributed by atoms with Crippen LogP contribution in [0.25, 0.3) is 0 Å². The zero-order valence-electron chi connectivity index (χ0n) is 17.2. The van der Waals surface area contributed by atoms with E-state index in [9.17, 15) is 9.59 Å². The van der Waals surface area contributed by atoms with Crippen molar-refractivity contribution in [3.63, 3.8) is 0 Å². The Morgan fingerprint density at radius 2 is 2.03 bits per heavy atom. The van der Waals surface area contributed by atoms with E-state index in [0.29, 0.717) is 19.6 Å². The van der Waals surface area contributed by atoms with Gasteiger partial charge in [-0.3, -0.25) is 14.5 Å². The lowest BCUT2D eigenvalue weighted by Gasteiger charge is -2.36. The molecular weight excluding hydrogens is 378 g/mol. The van der Waals surface area contributed by atoms with Crippen molar-refractivity contribution in [3.8, 4) is 5.75 Å². The maximum atomic E-state index is 13.5. The number of nitrogens with one attached hydrogen (secondary N) is 2. The van der Waals surface area contributed by atoms with Crippen molar-refractivity contribution in [1.29, 1.82) is 0 Å². The summed E-state index contributed by atoms with van der Waals surface area (Å²) in [6.45, 7) is 3.75. The number of rotatable bonds is 5. The Morgan fingerprint density at radius 1 is 1.23 bits per heavy atom. The molecule has 2 N–H and O–H groups in total. The second-order valence-electron chi connectivity index (χ2n) is 8.30. The molecule has 3 atom stereocenters. The largest absolute Gasteiger partial charge is 0.494 e. The van der Waals surface area contributed by atoms with Crippen LogP contribution in [0.3, 0.4) is 0 Å². The van der Waals surface area contributed by atoms with Gasteiger partial charge in [0, 0.05) is 29.4 Å². The summed E-state index contributed by atoms with van der Waals surface area (Å²) in [4.78, 5) is 29.1. The second-order valence-corrected chi connectivity index (χ2v) is 8.30. The number of benzene rings is 2. The minimum Gasteiger partial charge on any atom is -0.494 e. The molecule has 2 aromatic rings. The number of carbonyl (C=O) groups excluding carboxylic acids is 2. The average Bonchev–Trinajstić information content (AvgIpc) is 3.42. The van der Waals surface area contributed by atoms with Gasteiger partial charge in [-0.05, 0) is 44.9 Å². The van der Waals surface area contributed by atoms with Crippen molar-refractivity contribution in [3.05, 3.63) is 59.7 Å². The van der Waals surface area contributed by atoms with Gasteiger partial charge in [0.1, 0.15) is 11.3 Å². The number of hydrogen-bond acceptors (Lipinski definition) is 4. The van der Waals surface area contributed by atoms with Gasteiger partial charge in [0.2, 0.25) is 11.8 Å². The van der Waals surface area contributed by atoms with E-state index in [2.05, 4.69) is 15.5 Å². The predicted molar refractivity (Wildman–Crippen MR) is 114 cm³/mol. The Morgan fingerprint density at radius 3 is 2.90 bits per heavy atom. The fourth-order valence-corrected chi connectivity index (χ4v) is 5.63. The second kappa shape index (κ2) is 7.43. The third-order valence-electron chi connectivity index (χ3n) is 6.82. The molecule has 2 fully saturated rings. The number of nitrogens with zero attached hydrogens (tertiary/aromatic N) is 1. The van der Waals surface area contributed by atoms with E-state index in [1.807, 2.05) is 55.5 Å². The normalized spacial score (nSPS) is 27.0. The maximum absolute atomic E-state index is 13.5. The van der Waals surface area contributed by atoms with Crippen LogP contribution < -0.4 is 15.4 Å². The first-order chi connectivity index (χ1) is 14.7. The molecule has 3 heterocycles. The molecule has 156 valence electrons.